The number of aromatic nitrogens is 2. The highest BCUT2D eigenvalue weighted by Crippen LogP contribution is 2.33. The Balaban J connectivity index is 2.00. The first kappa shape index (κ1) is 13.0. The van der Waals surface area contributed by atoms with Crippen LogP contribution in [-0.4, -0.2) is 15.3 Å². The summed E-state index contributed by atoms with van der Waals surface area (Å²) in [7, 11) is 0. The molecule has 0 radical (unpaired) electrons. The van der Waals surface area contributed by atoms with Crippen LogP contribution >= 0.6 is 0 Å². The summed E-state index contributed by atoms with van der Waals surface area (Å²) in [5, 5.41) is 0. The van der Waals surface area contributed by atoms with Gasteiger partial charge in [0.25, 0.3) is 0 Å². The Kier molecular flexibility index (Phi) is 3.11. The maximum atomic E-state index is 12.3. The van der Waals surface area contributed by atoms with E-state index in [9.17, 15) is 4.79 Å². The van der Waals surface area contributed by atoms with Gasteiger partial charge in [-0.1, -0.05) is 30.3 Å². The van der Waals surface area contributed by atoms with Crippen molar-refractivity contribution in [1.82, 2.24) is 9.55 Å². The fourth-order valence-corrected chi connectivity index (χ4v) is 3.19. The van der Waals surface area contributed by atoms with Crippen molar-refractivity contribution in [1.29, 1.82) is 0 Å². The number of hydrogen-bond acceptors (Lipinski definition) is 2. The summed E-state index contributed by atoms with van der Waals surface area (Å²) in [6.07, 6.45) is 6.13. The number of carbonyl (C=O) groups excluding carboxylic acids is 1. The number of carbonyl (C=O) groups is 1. The Bertz CT molecular complexity index is 819. The second-order valence-electron chi connectivity index (χ2n) is 5.58. The lowest BCUT2D eigenvalue weighted by Gasteiger charge is -2.16. The average molecular weight is 288 g/mol. The molecule has 22 heavy (non-hydrogen) atoms. The minimum absolute atomic E-state index is 0.251. The van der Waals surface area contributed by atoms with E-state index in [1.807, 2.05) is 42.6 Å². The molecule has 4 rings (SSSR count). The van der Waals surface area contributed by atoms with E-state index in [-0.39, 0.29) is 5.78 Å². The highest BCUT2D eigenvalue weighted by atomic mass is 16.1. The van der Waals surface area contributed by atoms with Crippen molar-refractivity contribution in [2.45, 2.75) is 19.3 Å². The number of ketones is 1. The number of rotatable bonds is 2. The topological polar surface area (TPSA) is 34.9 Å². The van der Waals surface area contributed by atoms with Gasteiger partial charge in [-0.05, 0) is 36.6 Å². The van der Waals surface area contributed by atoms with Crippen molar-refractivity contribution in [3.63, 3.8) is 0 Å². The van der Waals surface area contributed by atoms with Crippen LogP contribution in [0.2, 0.25) is 0 Å². The third-order valence-electron chi connectivity index (χ3n) is 4.19. The van der Waals surface area contributed by atoms with Crippen molar-refractivity contribution < 1.29 is 4.79 Å². The first-order valence-corrected chi connectivity index (χ1v) is 7.58. The molecule has 2 heterocycles. The molecule has 3 heteroatoms. The van der Waals surface area contributed by atoms with E-state index in [4.69, 9.17) is 0 Å². The first-order valence-electron chi connectivity index (χ1n) is 7.58. The number of Topliss-reactive ketones (excluding diaryl/α,β-unsaturated/α-hetero) is 1. The lowest BCUT2D eigenvalue weighted by atomic mass is 9.96. The van der Waals surface area contributed by atoms with E-state index >= 15 is 0 Å². The van der Waals surface area contributed by atoms with Gasteiger partial charge >= 0.3 is 0 Å². The van der Waals surface area contributed by atoms with Gasteiger partial charge < -0.3 is 4.57 Å². The van der Waals surface area contributed by atoms with E-state index in [1.165, 1.54) is 0 Å². The molecular weight excluding hydrogens is 272 g/mol. The second-order valence-corrected chi connectivity index (χ2v) is 5.58. The van der Waals surface area contributed by atoms with Gasteiger partial charge in [-0.2, -0.15) is 0 Å². The zero-order valence-electron chi connectivity index (χ0n) is 12.2. The largest absolute Gasteiger partial charge is 0.311 e. The summed E-state index contributed by atoms with van der Waals surface area (Å²) in [6, 6.07) is 16.2. The van der Waals surface area contributed by atoms with Gasteiger partial charge in [0.15, 0.2) is 5.78 Å². The zero-order valence-corrected chi connectivity index (χ0v) is 12.2. The van der Waals surface area contributed by atoms with Gasteiger partial charge in [0.2, 0.25) is 0 Å². The van der Waals surface area contributed by atoms with Crippen LogP contribution < -0.4 is 0 Å². The molecule has 0 bridgehead atoms. The molecule has 1 aromatic carbocycles. The zero-order chi connectivity index (χ0) is 14.9. The average Bonchev–Trinajstić information content (AvgIpc) is 2.97. The van der Waals surface area contributed by atoms with E-state index < -0.39 is 0 Å². The molecule has 0 N–H and O–H groups in total. The van der Waals surface area contributed by atoms with Gasteiger partial charge in [0.1, 0.15) is 0 Å². The van der Waals surface area contributed by atoms with Crippen LogP contribution in [-0.2, 0) is 6.42 Å². The quantitative estimate of drug-likeness (QED) is 0.712. The molecule has 1 aliphatic carbocycles. The van der Waals surface area contributed by atoms with Gasteiger partial charge in [0.05, 0.1) is 17.6 Å². The van der Waals surface area contributed by atoms with Crippen LogP contribution in [0, 0.1) is 0 Å². The van der Waals surface area contributed by atoms with Crippen LogP contribution in [0.15, 0.2) is 60.9 Å². The molecule has 0 atom stereocenters. The molecular formula is C19H16N2O. The Hall–Kier alpha value is -2.68. The standard InChI is InChI=1S/C19H16N2O/c22-19-10-4-9-17-16(19)12-18(14-6-2-1-3-7-14)21(17)15-8-5-11-20-13-15/h1-3,5-8,11-13H,4,9-10H2. The van der Waals surface area contributed by atoms with E-state index in [1.54, 1.807) is 6.20 Å². The number of pyridine rings is 1. The number of nitrogens with zero attached hydrogens (tertiary/aromatic N) is 2. The van der Waals surface area contributed by atoms with E-state index in [0.717, 1.165) is 41.0 Å². The van der Waals surface area contributed by atoms with E-state index in [0.29, 0.717) is 6.42 Å². The lowest BCUT2D eigenvalue weighted by molar-refractivity contribution is 0.0972. The predicted octanol–water partition coefficient (Wildman–Crippen LogP) is 4.06. The summed E-state index contributed by atoms with van der Waals surface area (Å²) >= 11 is 0. The molecule has 1 aliphatic rings. The van der Waals surface area contributed by atoms with Crippen LogP contribution in [0.1, 0.15) is 28.9 Å². The number of hydrogen-bond donors (Lipinski definition) is 0. The third kappa shape index (κ3) is 2.06. The van der Waals surface area contributed by atoms with Crippen LogP contribution in [0.5, 0.6) is 0 Å². The molecule has 0 unspecified atom stereocenters. The maximum absolute atomic E-state index is 12.3. The van der Waals surface area contributed by atoms with Crippen LogP contribution in [0.25, 0.3) is 16.9 Å². The van der Waals surface area contributed by atoms with Crippen molar-refractivity contribution in [3.05, 3.63) is 72.2 Å². The predicted molar refractivity (Wildman–Crippen MR) is 86.3 cm³/mol. The minimum Gasteiger partial charge on any atom is -0.311 e. The maximum Gasteiger partial charge on any atom is 0.164 e. The molecule has 0 amide bonds. The Morgan fingerprint density at radius 2 is 1.86 bits per heavy atom. The molecule has 0 saturated carbocycles. The van der Waals surface area contributed by atoms with Gasteiger partial charge in [0, 0.05) is 23.9 Å². The van der Waals surface area contributed by atoms with Crippen molar-refractivity contribution in [3.8, 4) is 16.9 Å². The molecule has 3 nitrogen and oxygen atoms in total. The molecule has 0 spiro atoms. The first-order chi connectivity index (χ1) is 10.8. The van der Waals surface area contributed by atoms with Crippen molar-refractivity contribution in [2.75, 3.05) is 0 Å². The van der Waals surface area contributed by atoms with Crippen molar-refractivity contribution >= 4 is 5.78 Å². The molecule has 0 fully saturated rings. The van der Waals surface area contributed by atoms with Gasteiger partial charge in [-0.15, -0.1) is 0 Å². The summed E-state index contributed by atoms with van der Waals surface area (Å²) in [4.78, 5) is 16.5. The van der Waals surface area contributed by atoms with E-state index in [2.05, 4.69) is 21.7 Å². The molecule has 108 valence electrons. The molecule has 2 aromatic heterocycles. The normalized spacial score (nSPS) is 13.9. The fraction of sp³-hybridized carbons (Fsp3) is 0.158. The summed E-state index contributed by atoms with van der Waals surface area (Å²) in [5.74, 6) is 0.251. The molecule has 0 aliphatic heterocycles. The highest BCUT2D eigenvalue weighted by molar-refractivity contribution is 6.00. The summed E-state index contributed by atoms with van der Waals surface area (Å²) in [6.45, 7) is 0. The Morgan fingerprint density at radius 3 is 2.64 bits per heavy atom. The van der Waals surface area contributed by atoms with Gasteiger partial charge in [-0.25, -0.2) is 0 Å². The monoisotopic (exact) mass is 288 g/mol. The Labute approximate surface area is 129 Å². The van der Waals surface area contributed by atoms with Gasteiger partial charge in [-0.3, -0.25) is 9.78 Å². The second kappa shape index (κ2) is 5.26. The van der Waals surface area contributed by atoms with Crippen LogP contribution in [0.3, 0.4) is 0 Å². The smallest absolute Gasteiger partial charge is 0.164 e. The summed E-state index contributed by atoms with van der Waals surface area (Å²) < 4.78 is 2.19. The SMILES string of the molecule is O=C1CCCc2c1cc(-c1ccccc1)n2-c1cccnc1. The highest BCUT2D eigenvalue weighted by Gasteiger charge is 2.25. The summed E-state index contributed by atoms with van der Waals surface area (Å²) in [5.41, 5.74) is 5.18. The van der Waals surface area contributed by atoms with Crippen molar-refractivity contribution in [2.24, 2.45) is 0 Å². The number of fused-ring (bicyclic) bond motifs is 1. The molecule has 0 saturated heterocycles. The molecule has 3 aromatic rings. The number of benzene rings is 1. The third-order valence-corrected chi connectivity index (χ3v) is 4.19. The minimum atomic E-state index is 0.251. The fourth-order valence-electron chi connectivity index (χ4n) is 3.19. The van der Waals surface area contributed by atoms with Crippen LogP contribution in [0.4, 0.5) is 0 Å². The Morgan fingerprint density at radius 1 is 1.00 bits per heavy atom. The lowest BCUT2D eigenvalue weighted by Crippen LogP contribution is -2.12.